The van der Waals surface area contributed by atoms with E-state index in [4.69, 9.17) is 32.7 Å². The number of hydrogen-bond acceptors (Lipinski definition) is 4. The minimum atomic E-state index is -5.14. The Morgan fingerprint density at radius 1 is 1.11 bits per heavy atom. The second-order valence-corrected chi connectivity index (χ2v) is 9.65. The molecule has 194 valence electrons. The van der Waals surface area contributed by atoms with Crippen LogP contribution in [0.4, 0.5) is 22.4 Å². The van der Waals surface area contributed by atoms with Gasteiger partial charge in [0.25, 0.3) is 11.5 Å². The van der Waals surface area contributed by atoms with Crippen LogP contribution < -0.4 is 5.32 Å². The molecule has 2 heterocycles. The average Bonchev–Trinajstić information content (AvgIpc) is 2.80. The number of hydrogen-bond donors (Lipinski definition) is 1. The Labute approximate surface area is 214 Å². The summed E-state index contributed by atoms with van der Waals surface area (Å²) in [5.41, 5.74) is -4.26. The van der Waals surface area contributed by atoms with Gasteiger partial charge in [-0.1, -0.05) is 35.3 Å². The van der Waals surface area contributed by atoms with Crippen LogP contribution in [-0.4, -0.2) is 55.4 Å². The van der Waals surface area contributed by atoms with Gasteiger partial charge in [-0.15, -0.1) is 0 Å². The number of carbonyl (C=O) groups excluding carboxylic acids is 2. The van der Waals surface area contributed by atoms with E-state index in [1.54, 1.807) is 12.1 Å². The zero-order valence-electron chi connectivity index (χ0n) is 19.0. The Bertz CT molecular complexity index is 1130. The molecule has 12 heteroatoms. The summed E-state index contributed by atoms with van der Waals surface area (Å²) in [4.78, 5) is 26.6. The number of alkyl halides is 3. The number of amides is 2. The number of nitrogens with one attached hydrogen (secondary N) is 1. The number of benzene rings is 2. The quantitative estimate of drug-likeness (QED) is 0.518. The molecule has 0 unspecified atom stereocenters. The molecule has 2 fully saturated rings. The lowest BCUT2D eigenvalue weighted by molar-refractivity contribution is -0.271. The number of methoxy groups -OCH3 is 1. The minimum absolute atomic E-state index is 0.0716. The molecule has 2 amide bonds. The number of nitrogens with zero attached hydrogens (tertiary/aromatic N) is 1. The number of piperidine rings is 1. The maximum atomic E-state index is 14.5. The average molecular weight is 549 g/mol. The van der Waals surface area contributed by atoms with Crippen LogP contribution in [0.25, 0.3) is 0 Å². The third kappa shape index (κ3) is 4.62. The summed E-state index contributed by atoms with van der Waals surface area (Å²) >= 11 is 11.9. The van der Waals surface area contributed by atoms with Crippen molar-refractivity contribution in [2.24, 2.45) is 0 Å². The summed E-state index contributed by atoms with van der Waals surface area (Å²) in [7, 11) is 0.796. The topological polar surface area (TPSA) is 67.9 Å². The van der Waals surface area contributed by atoms with Crippen LogP contribution >= 0.6 is 23.2 Å². The molecule has 4 rings (SSSR count). The van der Waals surface area contributed by atoms with Crippen LogP contribution in [-0.2, 0) is 19.9 Å². The first-order chi connectivity index (χ1) is 16.9. The summed E-state index contributed by atoms with van der Waals surface area (Å²) in [5, 5.41) is 2.44. The lowest BCUT2D eigenvalue weighted by Gasteiger charge is -2.49. The van der Waals surface area contributed by atoms with E-state index in [0.717, 1.165) is 24.1 Å². The zero-order chi connectivity index (χ0) is 26.3. The highest BCUT2D eigenvalue weighted by atomic mass is 35.5. The van der Waals surface area contributed by atoms with Crippen LogP contribution in [0.2, 0.25) is 10.0 Å². The third-order valence-electron chi connectivity index (χ3n) is 6.83. The molecule has 2 aliphatic heterocycles. The molecule has 2 atom stereocenters. The smallest absolute Gasteiger partial charge is 0.430 e. The zero-order valence-corrected chi connectivity index (χ0v) is 20.5. The van der Waals surface area contributed by atoms with Gasteiger partial charge in [0.05, 0.1) is 0 Å². The molecule has 6 nitrogen and oxygen atoms in total. The fourth-order valence-electron chi connectivity index (χ4n) is 5.03. The number of likely N-dealkylation sites (tertiary alicyclic amines) is 1. The standard InChI is InChI=1S/C24H22Cl2F4N2O4/c1-35-23(24(28,29)30,15-10-16(25)12-17(26)11-15)20(33)32-8-6-22(7-9-32)19(13-31-21(34)36-22)14-2-4-18(27)5-3-14/h2-5,10-12,19H,6-9,13H2,1H3,(H,31,34)/t19-,23-/m1/s1. The van der Waals surface area contributed by atoms with Gasteiger partial charge in [0, 0.05) is 61.1 Å². The van der Waals surface area contributed by atoms with E-state index >= 15 is 0 Å². The molecule has 1 spiro atoms. The van der Waals surface area contributed by atoms with Crippen molar-refractivity contribution in [2.75, 3.05) is 26.7 Å². The lowest BCUT2D eigenvalue weighted by atomic mass is 9.74. The molecular formula is C24H22Cl2F4N2O4. The highest BCUT2D eigenvalue weighted by Crippen LogP contribution is 2.47. The Balaban J connectivity index is 1.64. The van der Waals surface area contributed by atoms with Crippen LogP contribution in [0, 0.1) is 5.82 Å². The summed E-state index contributed by atoms with van der Waals surface area (Å²) in [6.07, 6.45) is -5.66. The fourth-order valence-corrected chi connectivity index (χ4v) is 5.55. The van der Waals surface area contributed by atoms with Gasteiger partial charge in [0.15, 0.2) is 0 Å². The van der Waals surface area contributed by atoms with Crippen molar-refractivity contribution < 1.29 is 36.6 Å². The molecule has 2 aromatic rings. The Morgan fingerprint density at radius 3 is 2.22 bits per heavy atom. The number of alkyl carbamates (subject to hydrolysis) is 1. The maximum Gasteiger partial charge on any atom is 0.430 e. The van der Waals surface area contributed by atoms with E-state index in [-0.39, 0.29) is 42.5 Å². The lowest BCUT2D eigenvalue weighted by Crippen LogP contribution is -2.62. The van der Waals surface area contributed by atoms with Crippen molar-refractivity contribution in [2.45, 2.75) is 36.1 Å². The molecule has 1 N–H and O–H groups in total. The SMILES string of the molecule is CO[C@@](C(=O)N1CCC2(CC1)OC(=O)NC[C@@H]2c1ccc(F)cc1)(c1cc(Cl)cc(Cl)c1)C(F)(F)F. The first kappa shape index (κ1) is 26.5. The van der Waals surface area contributed by atoms with Crippen LogP contribution in [0.3, 0.4) is 0 Å². The van der Waals surface area contributed by atoms with E-state index in [1.807, 2.05) is 0 Å². The van der Waals surface area contributed by atoms with Crippen molar-refractivity contribution in [3.63, 3.8) is 0 Å². The molecule has 36 heavy (non-hydrogen) atoms. The molecule has 0 aliphatic carbocycles. The van der Waals surface area contributed by atoms with Crippen LogP contribution in [0.1, 0.15) is 29.9 Å². The van der Waals surface area contributed by atoms with Crippen molar-refractivity contribution in [3.05, 3.63) is 69.5 Å². The summed E-state index contributed by atoms with van der Waals surface area (Å²) in [6, 6.07) is 8.94. The van der Waals surface area contributed by atoms with Gasteiger partial charge >= 0.3 is 12.3 Å². The number of carbonyl (C=O) groups is 2. The van der Waals surface area contributed by atoms with Gasteiger partial charge in [-0.25, -0.2) is 9.18 Å². The van der Waals surface area contributed by atoms with Crippen molar-refractivity contribution in [1.82, 2.24) is 10.2 Å². The molecule has 2 aromatic carbocycles. The molecule has 0 saturated carbocycles. The Hall–Kier alpha value is -2.56. The second kappa shape index (κ2) is 9.72. The number of ether oxygens (including phenoxy) is 2. The second-order valence-electron chi connectivity index (χ2n) is 8.77. The molecule has 0 bridgehead atoms. The predicted octanol–water partition coefficient (Wildman–Crippen LogP) is 5.42. The Morgan fingerprint density at radius 2 is 1.69 bits per heavy atom. The number of rotatable bonds is 4. The van der Waals surface area contributed by atoms with Crippen molar-refractivity contribution in [3.8, 4) is 0 Å². The van der Waals surface area contributed by atoms with Crippen LogP contribution in [0.15, 0.2) is 42.5 Å². The maximum absolute atomic E-state index is 14.5. The molecule has 0 radical (unpaired) electrons. The van der Waals surface area contributed by atoms with Gasteiger partial charge < -0.3 is 19.7 Å². The van der Waals surface area contributed by atoms with Gasteiger partial charge in [0.1, 0.15) is 11.4 Å². The van der Waals surface area contributed by atoms with Gasteiger partial charge in [0.2, 0.25) is 0 Å². The largest absolute Gasteiger partial charge is 0.442 e. The van der Waals surface area contributed by atoms with E-state index in [9.17, 15) is 27.2 Å². The minimum Gasteiger partial charge on any atom is -0.442 e. The monoisotopic (exact) mass is 548 g/mol. The number of halogens is 6. The van der Waals surface area contributed by atoms with Crippen molar-refractivity contribution >= 4 is 35.2 Å². The van der Waals surface area contributed by atoms with Gasteiger partial charge in [-0.2, -0.15) is 13.2 Å². The fraction of sp³-hybridized carbons (Fsp3) is 0.417. The summed E-state index contributed by atoms with van der Waals surface area (Å²) in [5.74, 6) is -2.16. The first-order valence-electron chi connectivity index (χ1n) is 11.0. The Kier molecular flexibility index (Phi) is 7.15. The van der Waals surface area contributed by atoms with E-state index < -0.39 is 46.7 Å². The van der Waals surface area contributed by atoms with E-state index in [0.29, 0.717) is 5.56 Å². The normalized spacial score (nSPS) is 21.5. The first-order valence-corrected chi connectivity index (χ1v) is 11.8. The molecule has 2 saturated heterocycles. The summed E-state index contributed by atoms with van der Waals surface area (Å²) in [6.45, 7) is -0.0808. The molecular weight excluding hydrogens is 527 g/mol. The highest BCUT2D eigenvalue weighted by molar-refractivity contribution is 6.34. The molecule has 0 aromatic heterocycles. The highest BCUT2D eigenvalue weighted by Gasteiger charge is 2.64. The molecule has 2 aliphatic rings. The van der Waals surface area contributed by atoms with Gasteiger partial charge in [-0.3, -0.25) is 4.79 Å². The third-order valence-corrected chi connectivity index (χ3v) is 7.26. The van der Waals surface area contributed by atoms with Crippen LogP contribution in [0.5, 0.6) is 0 Å². The predicted molar refractivity (Wildman–Crippen MR) is 123 cm³/mol. The van der Waals surface area contributed by atoms with E-state index in [2.05, 4.69) is 5.32 Å². The summed E-state index contributed by atoms with van der Waals surface area (Å²) < 4.78 is 67.5. The van der Waals surface area contributed by atoms with Crippen molar-refractivity contribution in [1.29, 1.82) is 0 Å². The van der Waals surface area contributed by atoms with E-state index in [1.165, 1.54) is 18.2 Å². The van der Waals surface area contributed by atoms with Gasteiger partial charge in [-0.05, 0) is 35.9 Å².